The first-order chi connectivity index (χ1) is 10.6. The zero-order valence-electron chi connectivity index (χ0n) is 11.9. The van der Waals surface area contributed by atoms with Gasteiger partial charge in [-0.3, -0.25) is 9.00 Å². The van der Waals surface area contributed by atoms with E-state index in [2.05, 4.69) is 10.1 Å². The van der Waals surface area contributed by atoms with Gasteiger partial charge in [0.25, 0.3) is 5.91 Å². The molecule has 0 bridgehead atoms. The Morgan fingerprint density at radius 2 is 1.82 bits per heavy atom. The van der Waals surface area contributed by atoms with Gasteiger partial charge in [-0.1, -0.05) is 18.2 Å². The first-order valence-corrected chi connectivity index (χ1v) is 8.65. The highest BCUT2D eigenvalue weighted by Crippen LogP contribution is 2.17. The Morgan fingerprint density at radius 1 is 1.14 bits per heavy atom. The van der Waals surface area contributed by atoms with Crippen molar-refractivity contribution in [1.29, 1.82) is 0 Å². The number of rotatable bonds is 6. The number of carbonyl (C=O) groups is 2. The largest absolute Gasteiger partial charge is 0.465 e. The molecule has 1 aromatic carbocycles. The molecule has 0 saturated heterocycles. The number of thiophene rings is 1. The van der Waals surface area contributed by atoms with Crippen molar-refractivity contribution in [1.82, 2.24) is 5.32 Å². The van der Waals surface area contributed by atoms with Gasteiger partial charge in [0, 0.05) is 17.2 Å². The fourth-order valence-corrected chi connectivity index (χ4v) is 3.53. The third-order valence-electron chi connectivity index (χ3n) is 2.80. The maximum atomic E-state index is 12.0. The summed E-state index contributed by atoms with van der Waals surface area (Å²) in [7, 11) is 0.147. The molecule has 5 nitrogen and oxygen atoms in total. The summed E-state index contributed by atoms with van der Waals surface area (Å²) < 4.78 is 16.6. The lowest BCUT2D eigenvalue weighted by atomic mass is 10.4. The number of esters is 1. The second kappa shape index (κ2) is 7.86. The molecule has 2 aromatic rings. The van der Waals surface area contributed by atoms with Crippen molar-refractivity contribution in [3.8, 4) is 0 Å². The Bertz CT molecular complexity index is 682. The van der Waals surface area contributed by atoms with Gasteiger partial charge in [0.15, 0.2) is 0 Å². The number of carbonyl (C=O) groups excluding carboxylic acids is 2. The first-order valence-electron chi connectivity index (χ1n) is 6.51. The zero-order valence-corrected chi connectivity index (χ0v) is 13.5. The van der Waals surface area contributed by atoms with Gasteiger partial charge in [-0.05, 0) is 24.3 Å². The van der Waals surface area contributed by atoms with Crippen LogP contribution in [0.25, 0.3) is 0 Å². The van der Waals surface area contributed by atoms with Gasteiger partial charge in [0.1, 0.15) is 4.88 Å². The Hall–Kier alpha value is -1.99. The lowest BCUT2D eigenvalue weighted by Crippen LogP contribution is -2.27. The zero-order chi connectivity index (χ0) is 15.9. The lowest BCUT2D eigenvalue weighted by Gasteiger charge is -2.04. The van der Waals surface area contributed by atoms with E-state index in [4.69, 9.17) is 0 Å². The van der Waals surface area contributed by atoms with E-state index in [1.807, 2.05) is 18.2 Å². The third-order valence-corrected chi connectivity index (χ3v) is 5.23. The van der Waals surface area contributed by atoms with E-state index in [9.17, 15) is 13.8 Å². The van der Waals surface area contributed by atoms with E-state index >= 15 is 0 Å². The Kier molecular flexibility index (Phi) is 5.85. The van der Waals surface area contributed by atoms with Gasteiger partial charge < -0.3 is 10.1 Å². The highest BCUT2D eigenvalue weighted by Gasteiger charge is 2.14. The van der Waals surface area contributed by atoms with Crippen LogP contribution in [0, 0.1) is 0 Å². The maximum absolute atomic E-state index is 12.0. The molecular weight excluding hydrogens is 322 g/mol. The van der Waals surface area contributed by atoms with Crippen LogP contribution in [0.2, 0.25) is 0 Å². The average molecular weight is 337 g/mol. The van der Waals surface area contributed by atoms with Gasteiger partial charge in [-0.2, -0.15) is 0 Å². The van der Waals surface area contributed by atoms with Crippen LogP contribution in [0.5, 0.6) is 0 Å². The highest BCUT2D eigenvalue weighted by molar-refractivity contribution is 7.85. The summed E-state index contributed by atoms with van der Waals surface area (Å²) in [6.45, 7) is 0.297. The number of methoxy groups -OCH3 is 1. The van der Waals surface area contributed by atoms with Crippen LogP contribution in [0.1, 0.15) is 19.3 Å². The minimum atomic E-state index is -1.15. The second-order valence-corrected chi connectivity index (χ2v) is 6.93. The molecule has 1 amide bonds. The summed E-state index contributed by atoms with van der Waals surface area (Å²) >= 11 is 1.07. The van der Waals surface area contributed by atoms with E-state index in [1.165, 1.54) is 7.11 Å². The third kappa shape index (κ3) is 4.25. The molecule has 1 N–H and O–H groups in total. The van der Waals surface area contributed by atoms with Gasteiger partial charge in [-0.25, -0.2) is 4.79 Å². The van der Waals surface area contributed by atoms with E-state index in [1.54, 1.807) is 24.3 Å². The molecule has 0 aliphatic heterocycles. The predicted molar refractivity (Wildman–Crippen MR) is 85.7 cm³/mol. The van der Waals surface area contributed by atoms with E-state index < -0.39 is 16.8 Å². The molecule has 1 atom stereocenters. The smallest absolute Gasteiger partial charge is 0.348 e. The van der Waals surface area contributed by atoms with Crippen molar-refractivity contribution < 1.29 is 18.5 Å². The minimum absolute atomic E-state index is 0.287. The number of hydrogen-bond donors (Lipinski definition) is 1. The molecule has 0 aliphatic rings. The summed E-state index contributed by atoms with van der Waals surface area (Å²) in [6.07, 6.45) is 0. The van der Waals surface area contributed by atoms with Crippen molar-refractivity contribution in [3.05, 3.63) is 52.2 Å². The van der Waals surface area contributed by atoms with Gasteiger partial charge in [0.05, 0.1) is 22.8 Å². The summed E-state index contributed by atoms with van der Waals surface area (Å²) in [5.74, 6) is -0.412. The van der Waals surface area contributed by atoms with Crippen molar-refractivity contribution in [2.75, 3.05) is 19.4 Å². The summed E-state index contributed by atoms with van der Waals surface area (Å²) in [6, 6.07) is 12.2. The molecule has 116 valence electrons. The van der Waals surface area contributed by atoms with E-state index in [0.29, 0.717) is 22.1 Å². The molecule has 0 spiro atoms. The monoisotopic (exact) mass is 337 g/mol. The normalized spacial score (nSPS) is 11.7. The Morgan fingerprint density at radius 3 is 2.50 bits per heavy atom. The number of benzene rings is 1. The van der Waals surface area contributed by atoms with Gasteiger partial charge in [0.2, 0.25) is 0 Å². The number of nitrogens with one attached hydrogen (secondary N) is 1. The first kappa shape index (κ1) is 16.4. The number of amides is 1. The van der Waals surface area contributed by atoms with Crippen LogP contribution in [0.15, 0.2) is 47.4 Å². The molecule has 1 unspecified atom stereocenters. The fraction of sp³-hybridized carbons (Fsp3) is 0.200. The lowest BCUT2D eigenvalue weighted by molar-refractivity contribution is 0.0606. The van der Waals surface area contributed by atoms with E-state index in [-0.39, 0.29) is 5.91 Å². The number of ether oxygens (including phenoxy) is 1. The van der Waals surface area contributed by atoms with Crippen LogP contribution in [0.3, 0.4) is 0 Å². The van der Waals surface area contributed by atoms with Crippen molar-refractivity contribution in [3.63, 3.8) is 0 Å². The molecule has 0 aliphatic carbocycles. The average Bonchev–Trinajstić information content (AvgIpc) is 3.04. The summed E-state index contributed by atoms with van der Waals surface area (Å²) in [5.41, 5.74) is 0. The molecular formula is C15H15NO4S2. The van der Waals surface area contributed by atoms with Crippen LogP contribution in [-0.2, 0) is 15.5 Å². The Labute approximate surface area is 134 Å². The van der Waals surface area contributed by atoms with Crippen molar-refractivity contribution >= 4 is 34.0 Å². The maximum Gasteiger partial charge on any atom is 0.348 e. The highest BCUT2D eigenvalue weighted by atomic mass is 32.2. The van der Waals surface area contributed by atoms with Crippen molar-refractivity contribution in [2.24, 2.45) is 0 Å². The van der Waals surface area contributed by atoms with Gasteiger partial charge in [-0.15, -0.1) is 11.3 Å². The quantitative estimate of drug-likeness (QED) is 0.819. The van der Waals surface area contributed by atoms with Gasteiger partial charge >= 0.3 is 5.97 Å². The van der Waals surface area contributed by atoms with Crippen molar-refractivity contribution in [2.45, 2.75) is 4.90 Å². The SMILES string of the molecule is COC(=O)c1ccc(C(=O)NCCS(=O)c2ccccc2)s1. The Balaban J connectivity index is 1.84. The molecule has 0 radical (unpaired) electrons. The van der Waals surface area contributed by atoms with Crippen LogP contribution in [0.4, 0.5) is 0 Å². The van der Waals surface area contributed by atoms with Crippen LogP contribution in [-0.4, -0.2) is 35.5 Å². The predicted octanol–water partition coefficient (Wildman–Crippen LogP) is 2.07. The molecule has 0 saturated carbocycles. The van der Waals surface area contributed by atoms with Crippen LogP contribution >= 0.6 is 11.3 Å². The fourth-order valence-electron chi connectivity index (χ4n) is 1.70. The standard InChI is InChI=1S/C15H15NO4S2/c1-20-15(18)13-8-7-12(21-13)14(17)16-9-10-22(19)11-5-3-2-4-6-11/h2-8H,9-10H2,1H3,(H,16,17). The molecule has 2 rings (SSSR count). The molecule has 7 heteroatoms. The minimum Gasteiger partial charge on any atom is -0.465 e. The molecule has 1 aromatic heterocycles. The summed E-state index contributed by atoms with van der Waals surface area (Å²) in [5, 5.41) is 2.70. The molecule has 1 heterocycles. The molecule has 0 fully saturated rings. The molecule has 22 heavy (non-hydrogen) atoms. The number of hydrogen-bond acceptors (Lipinski definition) is 5. The van der Waals surface area contributed by atoms with Crippen LogP contribution < -0.4 is 5.32 Å². The topological polar surface area (TPSA) is 72.5 Å². The van der Waals surface area contributed by atoms with E-state index in [0.717, 1.165) is 16.2 Å². The second-order valence-electron chi connectivity index (χ2n) is 4.27. The summed E-state index contributed by atoms with van der Waals surface area (Å²) in [4.78, 5) is 24.8.